The predicted molar refractivity (Wildman–Crippen MR) is 239 cm³/mol. The maximum absolute atomic E-state index is 5.35. The molecule has 0 unspecified atom stereocenters. The fourth-order valence-electron chi connectivity index (χ4n) is 8.61. The van der Waals surface area contributed by atoms with Gasteiger partial charge in [0.1, 0.15) is 0 Å². The molecule has 57 heavy (non-hydrogen) atoms. The third-order valence-electron chi connectivity index (χ3n) is 11.2. The molecule has 3 heteroatoms. The molecular weight excluding hydrogens is 691 g/mol. The molecule has 0 amide bonds. The van der Waals surface area contributed by atoms with E-state index in [2.05, 4.69) is 211 Å². The first-order chi connectivity index (χ1) is 28.3. The molecule has 0 radical (unpaired) electrons. The van der Waals surface area contributed by atoms with E-state index in [0.717, 1.165) is 55.7 Å². The summed E-state index contributed by atoms with van der Waals surface area (Å²) in [6.07, 6.45) is 0. The zero-order valence-electron chi connectivity index (χ0n) is 31.0. The van der Waals surface area contributed by atoms with Crippen LogP contribution in [0.4, 0.5) is 0 Å². The first-order valence-corrected chi connectivity index (χ1v) is 19.4. The summed E-state index contributed by atoms with van der Waals surface area (Å²) in [5.74, 6) is 0.698. The van der Waals surface area contributed by atoms with Gasteiger partial charge in [-0.15, -0.1) is 0 Å². The third kappa shape index (κ3) is 5.60. The predicted octanol–water partition coefficient (Wildman–Crippen LogP) is 14.2. The van der Waals surface area contributed by atoms with Gasteiger partial charge >= 0.3 is 0 Å². The van der Waals surface area contributed by atoms with Gasteiger partial charge in [-0.05, 0) is 80.2 Å². The second kappa shape index (κ2) is 13.6. The zero-order valence-corrected chi connectivity index (χ0v) is 31.0. The highest BCUT2D eigenvalue weighted by Crippen LogP contribution is 2.42. The Bertz CT molecular complexity index is 3270. The highest BCUT2D eigenvalue weighted by molar-refractivity contribution is 6.12. The molecule has 3 nitrogen and oxygen atoms in total. The number of para-hydroxylation sites is 2. The Balaban J connectivity index is 1.13. The fourth-order valence-corrected chi connectivity index (χ4v) is 8.61. The molecule has 2 aromatic heterocycles. The van der Waals surface area contributed by atoms with E-state index in [1.165, 1.54) is 43.7 Å². The Kier molecular flexibility index (Phi) is 7.82. The Morgan fingerprint density at radius 3 is 1.65 bits per heavy atom. The summed E-state index contributed by atoms with van der Waals surface area (Å²) >= 11 is 0. The third-order valence-corrected chi connectivity index (χ3v) is 11.2. The minimum absolute atomic E-state index is 0.698. The largest absolute Gasteiger partial charge is 0.309 e. The summed E-state index contributed by atoms with van der Waals surface area (Å²) in [4.78, 5) is 10.7. The maximum Gasteiger partial charge on any atom is 0.160 e. The van der Waals surface area contributed by atoms with E-state index in [0.29, 0.717) is 5.82 Å². The van der Waals surface area contributed by atoms with Crippen molar-refractivity contribution >= 4 is 43.4 Å². The number of hydrogen-bond acceptors (Lipinski definition) is 2. The minimum Gasteiger partial charge on any atom is -0.309 e. The minimum atomic E-state index is 0.698. The summed E-state index contributed by atoms with van der Waals surface area (Å²) in [7, 11) is 0. The number of benzene rings is 9. The van der Waals surface area contributed by atoms with Crippen LogP contribution in [-0.2, 0) is 0 Å². The lowest BCUT2D eigenvalue weighted by atomic mass is 9.90. The van der Waals surface area contributed by atoms with Crippen LogP contribution in [0, 0.1) is 0 Å². The number of aromatic nitrogens is 3. The average molecular weight is 726 g/mol. The molecular formula is C54H35N3. The van der Waals surface area contributed by atoms with Crippen molar-refractivity contribution in [3.63, 3.8) is 0 Å². The molecule has 266 valence electrons. The average Bonchev–Trinajstić information content (AvgIpc) is 3.62. The second-order valence-electron chi connectivity index (χ2n) is 14.5. The van der Waals surface area contributed by atoms with Gasteiger partial charge in [0.05, 0.1) is 22.4 Å². The summed E-state index contributed by atoms with van der Waals surface area (Å²) in [5, 5.41) is 7.13. The summed E-state index contributed by atoms with van der Waals surface area (Å²) < 4.78 is 2.37. The molecule has 11 rings (SSSR count). The van der Waals surface area contributed by atoms with Crippen molar-refractivity contribution in [2.45, 2.75) is 0 Å². The van der Waals surface area contributed by atoms with Crippen LogP contribution in [0.25, 0.3) is 105 Å². The quantitative estimate of drug-likeness (QED) is 0.171. The number of rotatable bonds is 6. The normalized spacial score (nSPS) is 11.5. The van der Waals surface area contributed by atoms with Crippen molar-refractivity contribution in [3.8, 4) is 61.8 Å². The molecule has 2 heterocycles. The molecule has 0 bridgehead atoms. The van der Waals surface area contributed by atoms with Crippen LogP contribution >= 0.6 is 0 Å². The molecule has 0 aliphatic rings. The maximum atomic E-state index is 5.35. The Labute approximate surface area is 330 Å². The molecule has 0 saturated carbocycles. The van der Waals surface area contributed by atoms with Gasteiger partial charge in [0.2, 0.25) is 0 Å². The van der Waals surface area contributed by atoms with Crippen LogP contribution in [0.5, 0.6) is 0 Å². The van der Waals surface area contributed by atoms with Crippen molar-refractivity contribution in [2.24, 2.45) is 0 Å². The van der Waals surface area contributed by atoms with Crippen LogP contribution in [-0.4, -0.2) is 14.5 Å². The van der Waals surface area contributed by atoms with Crippen LogP contribution in [0.3, 0.4) is 0 Å². The Morgan fingerprint density at radius 2 is 0.877 bits per heavy atom. The Hall–Kier alpha value is -7.62. The first-order valence-electron chi connectivity index (χ1n) is 19.4. The lowest BCUT2D eigenvalue weighted by Crippen LogP contribution is -1.98. The van der Waals surface area contributed by atoms with Crippen molar-refractivity contribution in [2.75, 3.05) is 0 Å². The fraction of sp³-hybridized carbons (Fsp3) is 0. The van der Waals surface area contributed by atoms with Crippen molar-refractivity contribution in [1.82, 2.24) is 14.5 Å². The van der Waals surface area contributed by atoms with Gasteiger partial charge in [-0.3, -0.25) is 0 Å². The smallest absolute Gasteiger partial charge is 0.160 e. The van der Waals surface area contributed by atoms with E-state index in [1.54, 1.807) is 0 Å². The number of fused-ring (bicyclic) bond motifs is 5. The van der Waals surface area contributed by atoms with Crippen molar-refractivity contribution in [3.05, 3.63) is 212 Å². The second-order valence-corrected chi connectivity index (χ2v) is 14.5. The number of nitrogens with zero attached hydrogens (tertiary/aromatic N) is 3. The lowest BCUT2D eigenvalue weighted by molar-refractivity contribution is 1.18. The molecule has 0 aliphatic carbocycles. The van der Waals surface area contributed by atoms with Gasteiger partial charge in [-0.25, -0.2) is 9.97 Å². The van der Waals surface area contributed by atoms with E-state index >= 15 is 0 Å². The highest BCUT2D eigenvalue weighted by atomic mass is 15.0. The summed E-state index contributed by atoms with van der Waals surface area (Å²) in [6.45, 7) is 0. The number of hydrogen-bond donors (Lipinski definition) is 0. The van der Waals surface area contributed by atoms with Gasteiger partial charge in [0, 0.05) is 33.2 Å². The monoisotopic (exact) mass is 725 g/mol. The zero-order chi connectivity index (χ0) is 37.7. The van der Waals surface area contributed by atoms with Crippen molar-refractivity contribution < 1.29 is 0 Å². The standard InChI is InChI=1S/C54H35N3/c1-4-16-36(17-5-1)43-30-28-37-18-10-11-23-42(37)53(43)50-35-49(55-54(56-50)38-19-6-2-7-20-38)46-32-31-41(44-24-12-13-25-45(44)46)39-29-33-52-48(34-39)47-26-14-15-27-51(47)57(52)40-21-8-3-9-22-40/h1-35H. The molecule has 0 saturated heterocycles. The van der Waals surface area contributed by atoms with Gasteiger partial charge in [-0.2, -0.15) is 0 Å². The van der Waals surface area contributed by atoms with E-state index in [4.69, 9.17) is 9.97 Å². The highest BCUT2D eigenvalue weighted by Gasteiger charge is 2.20. The van der Waals surface area contributed by atoms with Crippen LogP contribution in [0.2, 0.25) is 0 Å². The summed E-state index contributed by atoms with van der Waals surface area (Å²) in [5.41, 5.74) is 13.1. The molecule has 0 N–H and O–H groups in total. The molecule has 0 fully saturated rings. The SMILES string of the molecule is c1ccc(-c2nc(-c3c(-c4ccccc4)ccc4ccccc34)cc(-c3ccc(-c4ccc5c(c4)c4ccccc4n5-c4ccccc4)c4ccccc34)n2)cc1. The lowest BCUT2D eigenvalue weighted by Gasteiger charge is -2.17. The van der Waals surface area contributed by atoms with E-state index < -0.39 is 0 Å². The van der Waals surface area contributed by atoms with Gasteiger partial charge in [0.15, 0.2) is 5.82 Å². The van der Waals surface area contributed by atoms with Crippen LogP contribution in [0.1, 0.15) is 0 Å². The molecule has 0 aliphatic heterocycles. The van der Waals surface area contributed by atoms with Crippen LogP contribution in [0.15, 0.2) is 212 Å². The van der Waals surface area contributed by atoms with E-state index in [-0.39, 0.29) is 0 Å². The van der Waals surface area contributed by atoms with Gasteiger partial charge < -0.3 is 4.57 Å². The molecule has 11 aromatic rings. The van der Waals surface area contributed by atoms with Crippen LogP contribution < -0.4 is 0 Å². The molecule has 0 atom stereocenters. The molecule has 0 spiro atoms. The van der Waals surface area contributed by atoms with Gasteiger partial charge in [0.25, 0.3) is 0 Å². The van der Waals surface area contributed by atoms with E-state index in [1.807, 2.05) is 6.07 Å². The first kappa shape index (κ1) is 32.8. The summed E-state index contributed by atoms with van der Waals surface area (Å²) in [6, 6.07) is 75.7. The topological polar surface area (TPSA) is 30.7 Å². The van der Waals surface area contributed by atoms with E-state index in [9.17, 15) is 0 Å². The van der Waals surface area contributed by atoms with Crippen molar-refractivity contribution in [1.29, 1.82) is 0 Å². The molecule has 9 aromatic carbocycles. The van der Waals surface area contributed by atoms with Gasteiger partial charge in [-0.1, -0.05) is 176 Å². The Morgan fingerprint density at radius 1 is 0.316 bits per heavy atom.